The highest BCUT2D eigenvalue weighted by molar-refractivity contribution is 8.18. The first-order valence-corrected chi connectivity index (χ1v) is 11.2. The number of fused-ring (bicyclic) bond motifs is 1. The number of thioether (sulfide) groups is 1. The van der Waals surface area contributed by atoms with Crippen LogP contribution >= 0.6 is 11.8 Å². The number of alkyl halides is 3. The number of hydrogen-bond donors (Lipinski definition) is 1. The van der Waals surface area contributed by atoms with Gasteiger partial charge in [-0.05, 0) is 61.3 Å². The van der Waals surface area contributed by atoms with Gasteiger partial charge in [-0.25, -0.2) is 0 Å². The summed E-state index contributed by atoms with van der Waals surface area (Å²) in [6.45, 7) is 5.00. The zero-order valence-electron chi connectivity index (χ0n) is 19.0. The Labute approximate surface area is 199 Å². The van der Waals surface area contributed by atoms with E-state index in [0.717, 1.165) is 22.9 Å². The number of rotatable bonds is 5. The summed E-state index contributed by atoms with van der Waals surface area (Å²) in [5.74, 6) is -0.426. The molecule has 0 unspecified atom stereocenters. The fourth-order valence-corrected chi connectivity index (χ4v) is 4.65. The lowest BCUT2D eigenvalue weighted by atomic mass is 9.84. The molecular formula is C24H23F3N2O4S. The third-order valence-corrected chi connectivity index (χ3v) is 6.22. The molecule has 1 saturated heterocycles. The number of nitrogens with one attached hydrogen (secondary N) is 1. The lowest BCUT2D eigenvalue weighted by molar-refractivity contribution is -0.274. The molecule has 2 aromatic carbocycles. The van der Waals surface area contributed by atoms with Gasteiger partial charge in [-0.2, -0.15) is 0 Å². The van der Waals surface area contributed by atoms with Crippen molar-refractivity contribution in [1.82, 2.24) is 10.2 Å². The van der Waals surface area contributed by atoms with E-state index in [1.165, 1.54) is 24.3 Å². The van der Waals surface area contributed by atoms with Crippen LogP contribution in [0.3, 0.4) is 0 Å². The molecule has 0 atom stereocenters. The average Bonchev–Trinajstić information content (AvgIpc) is 3.18. The number of hydrogen-bond acceptors (Lipinski definition) is 6. The van der Waals surface area contributed by atoms with Gasteiger partial charge in [0.1, 0.15) is 11.5 Å². The highest BCUT2D eigenvalue weighted by Crippen LogP contribution is 2.48. The van der Waals surface area contributed by atoms with Crippen LogP contribution in [0, 0.1) is 0 Å². The molecule has 2 aliphatic rings. The molecule has 34 heavy (non-hydrogen) atoms. The quantitative estimate of drug-likeness (QED) is 0.571. The molecule has 0 saturated carbocycles. The number of imide groups is 1. The minimum absolute atomic E-state index is 0.157. The van der Waals surface area contributed by atoms with Crippen molar-refractivity contribution in [3.63, 3.8) is 0 Å². The number of halogens is 3. The lowest BCUT2D eigenvalue weighted by Crippen LogP contribution is -2.19. The molecule has 2 aromatic rings. The second kappa shape index (κ2) is 8.66. The fraction of sp³-hybridized carbons (Fsp3) is 0.333. The van der Waals surface area contributed by atoms with Crippen LogP contribution in [0.5, 0.6) is 11.5 Å². The van der Waals surface area contributed by atoms with Gasteiger partial charge < -0.3 is 14.4 Å². The summed E-state index contributed by atoms with van der Waals surface area (Å²) in [5.41, 5.74) is 2.59. The minimum Gasteiger partial charge on any atom is -0.492 e. The smallest absolute Gasteiger partial charge is 0.492 e. The summed E-state index contributed by atoms with van der Waals surface area (Å²) < 4.78 is 50.1. The van der Waals surface area contributed by atoms with E-state index in [1.807, 2.05) is 38.9 Å². The van der Waals surface area contributed by atoms with Crippen molar-refractivity contribution in [3.8, 4) is 22.6 Å². The van der Waals surface area contributed by atoms with Gasteiger partial charge in [-0.3, -0.25) is 14.9 Å². The van der Waals surface area contributed by atoms with Crippen LogP contribution in [-0.2, 0) is 16.8 Å². The summed E-state index contributed by atoms with van der Waals surface area (Å²) in [7, 11) is 3.82. The molecule has 0 spiro atoms. The van der Waals surface area contributed by atoms with Gasteiger partial charge in [-0.15, -0.1) is 13.2 Å². The van der Waals surface area contributed by atoms with E-state index in [-0.39, 0.29) is 21.6 Å². The van der Waals surface area contributed by atoms with Crippen molar-refractivity contribution >= 4 is 29.0 Å². The molecular weight excluding hydrogens is 469 g/mol. The Hall–Kier alpha value is -2.98. The highest BCUT2D eigenvalue weighted by Gasteiger charge is 2.37. The first kappa shape index (κ1) is 24.2. The molecule has 2 heterocycles. The van der Waals surface area contributed by atoms with Crippen molar-refractivity contribution in [2.75, 3.05) is 20.7 Å². The monoisotopic (exact) mass is 492 g/mol. The van der Waals surface area contributed by atoms with E-state index in [2.05, 4.69) is 10.1 Å². The molecule has 10 heteroatoms. The summed E-state index contributed by atoms with van der Waals surface area (Å²) >= 11 is 0.734. The number of amides is 2. The molecule has 180 valence electrons. The van der Waals surface area contributed by atoms with Gasteiger partial charge in [-0.1, -0.05) is 26.0 Å². The zero-order chi connectivity index (χ0) is 24.8. The van der Waals surface area contributed by atoms with Crippen LogP contribution < -0.4 is 14.8 Å². The molecule has 0 aliphatic carbocycles. The SMILES string of the molecule is CN(C)Cc1cc(-c2cc(/C=C3\SC(=O)NC3=O)ccc2OC(F)(F)F)c2c(c1)C(C)(C)CO2. The van der Waals surface area contributed by atoms with E-state index in [0.29, 0.717) is 30.0 Å². The van der Waals surface area contributed by atoms with Crippen molar-refractivity contribution in [2.45, 2.75) is 32.2 Å². The molecule has 0 bridgehead atoms. The Balaban J connectivity index is 1.91. The Morgan fingerprint density at radius 3 is 2.53 bits per heavy atom. The average molecular weight is 493 g/mol. The van der Waals surface area contributed by atoms with Crippen molar-refractivity contribution in [2.24, 2.45) is 0 Å². The van der Waals surface area contributed by atoms with Gasteiger partial charge in [0.05, 0.1) is 11.5 Å². The number of carbonyl (C=O) groups excluding carboxylic acids is 2. The van der Waals surface area contributed by atoms with Crippen LogP contribution in [0.25, 0.3) is 17.2 Å². The molecule has 2 amide bonds. The lowest BCUT2D eigenvalue weighted by Gasteiger charge is -2.20. The van der Waals surface area contributed by atoms with Crippen molar-refractivity contribution in [1.29, 1.82) is 0 Å². The molecule has 1 N–H and O–H groups in total. The number of benzene rings is 2. The maximum Gasteiger partial charge on any atom is 0.573 e. The van der Waals surface area contributed by atoms with Crippen LogP contribution in [0.2, 0.25) is 0 Å². The number of ether oxygens (including phenoxy) is 2. The van der Waals surface area contributed by atoms with E-state index in [1.54, 1.807) is 6.07 Å². The van der Waals surface area contributed by atoms with Gasteiger partial charge in [0.15, 0.2) is 0 Å². The number of carbonyl (C=O) groups is 2. The Bertz CT molecular complexity index is 1210. The largest absolute Gasteiger partial charge is 0.573 e. The molecule has 4 rings (SSSR count). The van der Waals surface area contributed by atoms with E-state index in [4.69, 9.17) is 4.74 Å². The van der Waals surface area contributed by atoms with Gasteiger partial charge in [0.25, 0.3) is 11.1 Å². The second-order valence-electron chi connectivity index (χ2n) is 9.09. The van der Waals surface area contributed by atoms with Crippen LogP contribution in [0.1, 0.15) is 30.5 Å². The normalized spacial score (nSPS) is 18.3. The summed E-state index contributed by atoms with van der Waals surface area (Å²) in [6, 6.07) is 7.94. The van der Waals surface area contributed by atoms with Crippen LogP contribution in [-0.4, -0.2) is 43.1 Å². The first-order valence-electron chi connectivity index (χ1n) is 10.4. The fourth-order valence-electron chi connectivity index (χ4n) is 3.97. The van der Waals surface area contributed by atoms with E-state index in [9.17, 15) is 22.8 Å². The zero-order valence-corrected chi connectivity index (χ0v) is 19.8. The molecule has 0 radical (unpaired) electrons. The van der Waals surface area contributed by atoms with Gasteiger partial charge >= 0.3 is 6.36 Å². The molecule has 0 aromatic heterocycles. The minimum atomic E-state index is -4.90. The third-order valence-electron chi connectivity index (χ3n) is 5.41. The highest BCUT2D eigenvalue weighted by atomic mass is 32.2. The topological polar surface area (TPSA) is 67.9 Å². The Morgan fingerprint density at radius 2 is 1.91 bits per heavy atom. The summed E-state index contributed by atoms with van der Waals surface area (Å²) in [4.78, 5) is 25.6. The predicted molar refractivity (Wildman–Crippen MR) is 124 cm³/mol. The van der Waals surface area contributed by atoms with Gasteiger partial charge in [0, 0.05) is 28.7 Å². The second-order valence-corrected chi connectivity index (χ2v) is 10.1. The van der Waals surface area contributed by atoms with Crippen molar-refractivity contribution < 1.29 is 32.2 Å². The predicted octanol–water partition coefficient (Wildman–Crippen LogP) is 5.31. The Kier molecular flexibility index (Phi) is 6.15. The summed E-state index contributed by atoms with van der Waals surface area (Å²) in [6.07, 6.45) is -3.44. The van der Waals surface area contributed by atoms with Gasteiger partial charge in [0.2, 0.25) is 0 Å². The molecule has 6 nitrogen and oxygen atoms in total. The maximum absolute atomic E-state index is 13.2. The van der Waals surface area contributed by atoms with Crippen molar-refractivity contribution in [3.05, 3.63) is 51.9 Å². The Morgan fingerprint density at radius 1 is 1.18 bits per heavy atom. The first-order chi connectivity index (χ1) is 15.8. The van der Waals surface area contributed by atoms with Crippen LogP contribution in [0.15, 0.2) is 35.2 Å². The van der Waals surface area contributed by atoms with E-state index >= 15 is 0 Å². The maximum atomic E-state index is 13.2. The van der Waals surface area contributed by atoms with E-state index < -0.39 is 17.5 Å². The van der Waals surface area contributed by atoms with Crippen LogP contribution in [0.4, 0.5) is 18.0 Å². The standard InChI is InChI=1S/C24H23F3N2O4S/c1-23(2)12-32-20-16(8-14(9-17(20)23)11-29(3)4)15-7-13(5-6-18(15)33-24(25,26)27)10-19-21(30)28-22(31)34-19/h5-10H,11-12H2,1-4H3,(H,28,30,31)/b19-10-. The summed E-state index contributed by atoms with van der Waals surface area (Å²) in [5, 5.41) is 1.66. The molecule has 2 aliphatic heterocycles. The number of nitrogens with zero attached hydrogens (tertiary/aromatic N) is 1. The third kappa shape index (κ3) is 5.07. The molecule has 1 fully saturated rings.